The first-order valence-electron chi connectivity index (χ1n) is 5.97. The third-order valence-corrected chi connectivity index (χ3v) is 4.26. The van der Waals surface area contributed by atoms with Crippen LogP contribution in [-0.4, -0.2) is 11.7 Å². The molecule has 11 nitrogen and oxygen atoms in total. The van der Waals surface area contributed by atoms with Crippen molar-refractivity contribution < 1.29 is 170 Å². The van der Waals surface area contributed by atoms with Crippen LogP contribution in [0.4, 0.5) is 0 Å². The van der Waals surface area contributed by atoms with Gasteiger partial charge in [0.25, 0.3) is 0 Å². The van der Waals surface area contributed by atoms with Gasteiger partial charge in [-0.15, -0.1) is 0 Å². The van der Waals surface area contributed by atoms with Gasteiger partial charge in [-0.25, -0.2) is 0 Å². The van der Waals surface area contributed by atoms with Crippen molar-refractivity contribution in [1.29, 1.82) is 0 Å². The summed E-state index contributed by atoms with van der Waals surface area (Å²) >= 11 is 0. The van der Waals surface area contributed by atoms with Crippen molar-refractivity contribution in [2.45, 2.75) is 39.0 Å². The molecule has 0 fully saturated rings. The fraction of sp³-hybridized carbons (Fsp3) is 1.00. The Morgan fingerprint density at radius 3 is 1.08 bits per heavy atom. The first-order chi connectivity index (χ1) is 10.2. The fourth-order valence-electron chi connectivity index (χ4n) is 0.851. The second kappa shape index (κ2) is 40.0. The van der Waals surface area contributed by atoms with Crippen molar-refractivity contribution in [1.82, 2.24) is 0 Å². The summed E-state index contributed by atoms with van der Waals surface area (Å²) in [7, 11) is -14.1. The molecule has 0 heterocycles. The van der Waals surface area contributed by atoms with Gasteiger partial charge in [0, 0.05) is 6.61 Å². The molecule has 0 bridgehead atoms. The Balaban J connectivity index is -0.0000000388. The smallest absolute Gasteiger partial charge is 0.781 e. The largest absolute Gasteiger partial charge is 1.00 e. The number of aliphatic hydroxyl groups is 1. The monoisotopic (exact) mass is 496 g/mol. The zero-order chi connectivity index (χ0) is 18.0. The summed E-state index contributed by atoms with van der Waals surface area (Å²) in [6.45, 7) is 2.56. The van der Waals surface area contributed by atoms with E-state index in [9.17, 15) is 37.8 Å². The van der Waals surface area contributed by atoms with E-state index in [-0.39, 0.29) is 118 Å². The fourth-order valence-corrected chi connectivity index (χ4v) is 1.94. The molecule has 0 rings (SSSR count). The molecule has 0 saturated carbocycles. The molecule has 0 aromatic rings. The van der Waals surface area contributed by atoms with E-state index in [1.807, 2.05) is 0 Å². The SMILES string of the molecule is CCCCCCCO.O=[PH]([O-])O[PH](=O)[O-].O=[PH]([O-])O[PH](=O)[O-].[Na+].[Na+].[Na+].[Na+]. The van der Waals surface area contributed by atoms with Crippen molar-refractivity contribution in [3.63, 3.8) is 0 Å². The Morgan fingerprint density at radius 1 is 0.654 bits per heavy atom. The van der Waals surface area contributed by atoms with Gasteiger partial charge in [-0.05, 0) is 6.42 Å². The van der Waals surface area contributed by atoms with Crippen LogP contribution in [-0.2, 0) is 26.9 Å². The summed E-state index contributed by atoms with van der Waals surface area (Å²) in [4.78, 5) is 37.1. The van der Waals surface area contributed by atoms with E-state index in [2.05, 4.69) is 15.5 Å². The first kappa shape index (κ1) is 48.2. The Labute approximate surface area is 244 Å². The molecule has 0 saturated heterocycles. The zero-order valence-corrected chi connectivity index (χ0v) is 27.8. The molecule has 0 aliphatic rings. The molecule has 0 aliphatic heterocycles. The number of hydrogen-bond donors (Lipinski definition) is 1. The Morgan fingerprint density at radius 2 is 0.923 bits per heavy atom. The molecule has 0 radical (unpaired) electrons. The molecule has 26 heavy (non-hydrogen) atoms. The molecular formula is C7H20Na4O11P4. The van der Waals surface area contributed by atoms with Gasteiger partial charge >= 0.3 is 118 Å². The van der Waals surface area contributed by atoms with Crippen molar-refractivity contribution in [3.8, 4) is 0 Å². The molecule has 0 amide bonds. The van der Waals surface area contributed by atoms with Gasteiger partial charge in [0.05, 0.1) is 0 Å². The maximum atomic E-state index is 9.29. The van der Waals surface area contributed by atoms with Crippen molar-refractivity contribution >= 4 is 33.0 Å². The summed E-state index contributed by atoms with van der Waals surface area (Å²) in [5.74, 6) is 0. The van der Waals surface area contributed by atoms with E-state index in [0.29, 0.717) is 6.61 Å². The molecule has 1 N–H and O–H groups in total. The summed E-state index contributed by atoms with van der Waals surface area (Å²) in [6.07, 6.45) is 6.08. The van der Waals surface area contributed by atoms with Gasteiger partial charge in [0.15, 0.2) is 0 Å². The van der Waals surface area contributed by atoms with E-state index < -0.39 is 33.0 Å². The van der Waals surface area contributed by atoms with E-state index in [1.54, 1.807) is 0 Å². The van der Waals surface area contributed by atoms with Crippen LogP contribution in [0.2, 0.25) is 0 Å². The minimum Gasteiger partial charge on any atom is -0.781 e. The van der Waals surface area contributed by atoms with Crippen molar-refractivity contribution in [3.05, 3.63) is 0 Å². The van der Waals surface area contributed by atoms with E-state index >= 15 is 0 Å². The number of unbranched alkanes of at least 4 members (excludes halogenated alkanes) is 4. The molecule has 0 spiro atoms. The van der Waals surface area contributed by atoms with Gasteiger partial charge in [0.1, 0.15) is 33.0 Å². The third-order valence-electron chi connectivity index (χ3n) is 1.60. The molecule has 4 unspecified atom stereocenters. The second-order valence-corrected chi connectivity index (χ2v) is 6.97. The summed E-state index contributed by atoms with van der Waals surface area (Å²) in [5.41, 5.74) is 0. The minimum atomic E-state index is -3.51. The van der Waals surface area contributed by atoms with E-state index in [4.69, 9.17) is 5.11 Å². The molecular weight excluding hydrogens is 476 g/mol. The Kier molecular flexibility index (Phi) is 74.2. The average molecular weight is 496 g/mol. The summed E-state index contributed by atoms with van der Waals surface area (Å²) in [6, 6.07) is 0. The topological polar surface area (TPSA) is 199 Å². The minimum absolute atomic E-state index is 0. The molecule has 19 heteroatoms. The average Bonchev–Trinajstić information content (AvgIpc) is 2.33. The van der Waals surface area contributed by atoms with Gasteiger partial charge < -0.3 is 42.9 Å². The molecule has 0 aliphatic carbocycles. The second-order valence-electron chi connectivity index (χ2n) is 3.34. The van der Waals surface area contributed by atoms with Crippen LogP contribution >= 0.6 is 33.0 Å². The zero-order valence-electron chi connectivity index (χ0n) is 15.8. The van der Waals surface area contributed by atoms with Gasteiger partial charge in [0.2, 0.25) is 0 Å². The number of aliphatic hydroxyl groups excluding tert-OH is 1. The Bertz CT molecular complexity index is 297. The van der Waals surface area contributed by atoms with E-state index in [1.165, 1.54) is 25.7 Å². The van der Waals surface area contributed by atoms with E-state index in [0.717, 1.165) is 6.42 Å². The van der Waals surface area contributed by atoms with Crippen LogP contribution in [0.3, 0.4) is 0 Å². The third kappa shape index (κ3) is 70.3. The van der Waals surface area contributed by atoms with Gasteiger partial charge in [-0.3, -0.25) is 8.62 Å². The summed E-state index contributed by atoms with van der Waals surface area (Å²) < 4.78 is 43.6. The maximum Gasteiger partial charge on any atom is 1.00 e. The summed E-state index contributed by atoms with van der Waals surface area (Å²) in [5, 5.41) is 8.37. The maximum absolute atomic E-state index is 9.29. The molecule has 0 aromatic heterocycles. The first-order valence-corrected chi connectivity index (χ1v) is 10.9. The molecule has 138 valence electrons. The quantitative estimate of drug-likeness (QED) is 0.181. The molecule has 4 atom stereocenters. The van der Waals surface area contributed by atoms with Crippen molar-refractivity contribution in [2.75, 3.05) is 6.61 Å². The predicted octanol–water partition coefficient (Wildman–Crippen LogP) is -13.0. The van der Waals surface area contributed by atoms with Crippen LogP contribution in [0.25, 0.3) is 0 Å². The van der Waals surface area contributed by atoms with Crippen LogP contribution in [0.5, 0.6) is 0 Å². The number of rotatable bonds is 9. The normalized spacial score (nSPS) is 13.0. The molecule has 0 aromatic carbocycles. The van der Waals surface area contributed by atoms with Crippen LogP contribution in [0, 0.1) is 0 Å². The Hall–Kier alpha value is 4.64. The predicted molar refractivity (Wildman–Crippen MR) is 74.0 cm³/mol. The van der Waals surface area contributed by atoms with Gasteiger partial charge in [-0.2, -0.15) is 0 Å². The van der Waals surface area contributed by atoms with Crippen LogP contribution in [0.15, 0.2) is 0 Å². The van der Waals surface area contributed by atoms with Gasteiger partial charge in [-0.1, -0.05) is 32.6 Å². The van der Waals surface area contributed by atoms with Crippen LogP contribution < -0.4 is 138 Å². The standard InChI is InChI=1S/C7H16O.4Na.2H4O5P2/c1-2-3-4-5-6-7-8;;;;;2*1-6(2)5-7(3)4/h8H,2-7H2,1H3;;;;;2*6-7H,(H,1,2)(H,3,4)/q;4*+1;;/p-4. The van der Waals surface area contributed by atoms with Crippen molar-refractivity contribution in [2.24, 2.45) is 0 Å². The van der Waals surface area contributed by atoms with Crippen LogP contribution in [0.1, 0.15) is 39.0 Å². The number of hydrogen-bond acceptors (Lipinski definition) is 11.